The second-order valence-corrected chi connectivity index (χ2v) is 5.23. The second-order valence-electron chi connectivity index (χ2n) is 4.25. The maximum atomic E-state index is 6.07. The van der Waals surface area contributed by atoms with Crippen molar-refractivity contribution in [1.82, 2.24) is 9.78 Å². The predicted octanol–water partition coefficient (Wildman–Crippen LogP) is 2.57. The van der Waals surface area contributed by atoms with Gasteiger partial charge in [0.2, 0.25) is 0 Å². The summed E-state index contributed by atoms with van der Waals surface area (Å²) < 4.78 is 1.84. The Morgan fingerprint density at radius 2 is 2.24 bits per heavy atom. The fraction of sp³-hybridized carbons (Fsp3) is 0.417. The number of hydrogen-bond donors (Lipinski definition) is 1. The number of nitrogen functional groups attached to an aromatic ring is 1. The van der Waals surface area contributed by atoms with Crippen molar-refractivity contribution in [3.8, 4) is 0 Å². The number of hydrogen-bond acceptors (Lipinski definition) is 4. The minimum atomic E-state index is 0.298. The predicted molar refractivity (Wildman–Crippen MR) is 73.5 cm³/mol. The number of aromatic nitrogens is 2. The van der Waals surface area contributed by atoms with Gasteiger partial charge in [-0.25, -0.2) is 0 Å². The molecule has 0 fully saturated rings. The monoisotopic (exact) mass is 250 g/mol. The van der Waals surface area contributed by atoms with Gasteiger partial charge in [0.1, 0.15) is 0 Å². The normalized spacial score (nSPS) is 12.7. The van der Waals surface area contributed by atoms with Crippen molar-refractivity contribution in [3.05, 3.63) is 28.1 Å². The lowest BCUT2D eigenvalue weighted by Crippen LogP contribution is -2.24. The Bertz CT molecular complexity index is 501. The van der Waals surface area contributed by atoms with Crippen LogP contribution in [0.25, 0.3) is 0 Å². The first-order chi connectivity index (χ1) is 8.02. The van der Waals surface area contributed by atoms with Crippen LogP contribution in [0.3, 0.4) is 0 Å². The fourth-order valence-electron chi connectivity index (χ4n) is 1.98. The summed E-state index contributed by atoms with van der Waals surface area (Å²) >= 11 is 1.76. The molecule has 0 aromatic carbocycles. The smallest absolute Gasteiger partial charge is 0.150 e. The van der Waals surface area contributed by atoms with Gasteiger partial charge in [-0.15, -0.1) is 11.3 Å². The van der Waals surface area contributed by atoms with Crippen LogP contribution >= 0.6 is 11.3 Å². The van der Waals surface area contributed by atoms with Gasteiger partial charge in [-0.3, -0.25) is 4.68 Å². The van der Waals surface area contributed by atoms with E-state index in [-0.39, 0.29) is 0 Å². The number of rotatable bonds is 3. The summed E-state index contributed by atoms with van der Waals surface area (Å²) in [5.41, 5.74) is 7.72. The molecule has 0 bridgehead atoms. The van der Waals surface area contributed by atoms with E-state index in [2.05, 4.69) is 41.5 Å². The maximum absolute atomic E-state index is 6.07. The van der Waals surface area contributed by atoms with Crippen LogP contribution in [0.5, 0.6) is 0 Å². The number of nitrogens with two attached hydrogens (primary N) is 1. The molecule has 0 saturated carbocycles. The molecule has 2 heterocycles. The largest absolute Gasteiger partial charge is 0.394 e. The van der Waals surface area contributed by atoms with E-state index in [1.165, 1.54) is 4.88 Å². The molecule has 0 aliphatic heterocycles. The molecule has 0 aliphatic carbocycles. The summed E-state index contributed by atoms with van der Waals surface area (Å²) in [5.74, 6) is 0.975. The van der Waals surface area contributed by atoms with Crippen LogP contribution < -0.4 is 10.6 Å². The molecule has 0 amide bonds. The molecule has 0 radical (unpaired) electrons. The third kappa shape index (κ3) is 2.02. The zero-order chi connectivity index (χ0) is 12.6. The highest BCUT2D eigenvalue weighted by Crippen LogP contribution is 2.32. The molecule has 2 N–H and O–H groups in total. The summed E-state index contributed by atoms with van der Waals surface area (Å²) in [6.07, 6.45) is 0. The van der Waals surface area contributed by atoms with Crippen molar-refractivity contribution in [2.75, 3.05) is 17.7 Å². The Morgan fingerprint density at radius 1 is 1.53 bits per heavy atom. The van der Waals surface area contributed by atoms with Crippen molar-refractivity contribution in [3.63, 3.8) is 0 Å². The second kappa shape index (κ2) is 4.41. The van der Waals surface area contributed by atoms with Crippen LogP contribution in [0.1, 0.15) is 23.5 Å². The maximum Gasteiger partial charge on any atom is 0.150 e. The quantitative estimate of drug-likeness (QED) is 0.910. The van der Waals surface area contributed by atoms with E-state index in [0.29, 0.717) is 6.04 Å². The van der Waals surface area contributed by atoms with Crippen molar-refractivity contribution in [2.45, 2.75) is 19.9 Å². The average molecular weight is 250 g/mol. The number of aryl methyl sites for hydroxylation is 2. The lowest BCUT2D eigenvalue weighted by molar-refractivity contribution is 0.680. The molecule has 0 saturated heterocycles. The standard InChI is InChI=1S/C12H18N4S/c1-8-11(13)12(16(4)14-8)15(3)9(2)10-6-5-7-17-10/h5-7,9H,13H2,1-4H3. The minimum Gasteiger partial charge on any atom is -0.394 e. The lowest BCUT2D eigenvalue weighted by atomic mass is 10.2. The van der Waals surface area contributed by atoms with Gasteiger partial charge in [-0.05, 0) is 25.3 Å². The minimum absolute atomic E-state index is 0.298. The van der Waals surface area contributed by atoms with Gasteiger partial charge in [-0.2, -0.15) is 5.10 Å². The molecule has 4 nitrogen and oxygen atoms in total. The summed E-state index contributed by atoms with van der Waals surface area (Å²) in [6, 6.07) is 4.51. The van der Waals surface area contributed by atoms with E-state index in [1.807, 2.05) is 18.7 Å². The lowest BCUT2D eigenvalue weighted by Gasteiger charge is -2.26. The van der Waals surface area contributed by atoms with Crippen LogP contribution in [-0.4, -0.2) is 16.8 Å². The number of nitrogens with zero attached hydrogens (tertiary/aromatic N) is 3. The molecule has 2 rings (SSSR count). The van der Waals surface area contributed by atoms with Crippen LogP contribution in [-0.2, 0) is 7.05 Å². The Labute approximate surface area is 106 Å². The topological polar surface area (TPSA) is 47.1 Å². The molecule has 2 aromatic rings. The molecule has 0 spiro atoms. The van der Waals surface area contributed by atoms with E-state index >= 15 is 0 Å². The number of thiophene rings is 1. The van der Waals surface area contributed by atoms with Gasteiger partial charge in [0.15, 0.2) is 5.82 Å². The van der Waals surface area contributed by atoms with Gasteiger partial charge in [-0.1, -0.05) is 6.07 Å². The Morgan fingerprint density at radius 3 is 2.71 bits per heavy atom. The summed E-state index contributed by atoms with van der Waals surface area (Å²) in [7, 11) is 3.98. The summed E-state index contributed by atoms with van der Waals surface area (Å²) in [4.78, 5) is 3.49. The summed E-state index contributed by atoms with van der Waals surface area (Å²) in [6.45, 7) is 4.11. The average Bonchev–Trinajstić information content (AvgIpc) is 2.87. The SMILES string of the molecule is Cc1nn(C)c(N(C)C(C)c2cccs2)c1N. The Kier molecular flexibility index (Phi) is 3.11. The van der Waals surface area contributed by atoms with Crippen LogP contribution in [0.15, 0.2) is 17.5 Å². The van der Waals surface area contributed by atoms with Crippen LogP contribution in [0.2, 0.25) is 0 Å². The Hall–Kier alpha value is -1.49. The van der Waals surface area contributed by atoms with E-state index in [9.17, 15) is 0 Å². The van der Waals surface area contributed by atoms with Crippen LogP contribution in [0, 0.1) is 6.92 Å². The fourth-order valence-corrected chi connectivity index (χ4v) is 2.81. The highest BCUT2D eigenvalue weighted by Gasteiger charge is 2.20. The first-order valence-electron chi connectivity index (χ1n) is 5.57. The van der Waals surface area contributed by atoms with Crippen molar-refractivity contribution in [1.29, 1.82) is 0 Å². The summed E-state index contributed by atoms with van der Waals surface area (Å²) in [5, 5.41) is 6.44. The van der Waals surface area contributed by atoms with Gasteiger partial charge < -0.3 is 10.6 Å². The van der Waals surface area contributed by atoms with Crippen LogP contribution in [0.4, 0.5) is 11.5 Å². The third-order valence-corrected chi connectivity index (χ3v) is 4.15. The van der Waals surface area contributed by atoms with Gasteiger partial charge >= 0.3 is 0 Å². The molecule has 5 heteroatoms. The van der Waals surface area contributed by atoms with E-state index in [0.717, 1.165) is 17.2 Å². The van der Waals surface area contributed by atoms with E-state index in [1.54, 1.807) is 11.3 Å². The first-order valence-corrected chi connectivity index (χ1v) is 6.45. The van der Waals surface area contributed by atoms with Crippen molar-refractivity contribution >= 4 is 22.8 Å². The molecular formula is C12H18N4S. The molecule has 92 valence electrons. The van der Waals surface area contributed by atoms with Gasteiger partial charge in [0, 0.05) is 19.0 Å². The van der Waals surface area contributed by atoms with Gasteiger partial charge in [0.25, 0.3) is 0 Å². The number of anilines is 2. The molecule has 2 aromatic heterocycles. The molecule has 0 aliphatic rings. The van der Waals surface area contributed by atoms with E-state index in [4.69, 9.17) is 5.73 Å². The van der Waals surface area contributed by atoms with Gasteiger partial charge in [0.05, 0.1) is 17.4 Å². The van der Waals surface area contributed by atoms with Crippen molar-refractivity contribution < 1.29 is 0 Å². The molecular weight excluding hydrogens is 232 g/mol. The zero-order valence-corrected chi connectivity index (χ0v) is 11.5. The highest BCUT2D eigenvalue weighted by atomic mass is 32.1. The van der Waals surface area contributed by atoms with Crippen molar-refractivity contribution in [2.24, 2.45) is 7.05 Å². The molecule has 17 heavy (non-hydrogen) atoms. The molecule has 1 unspecified atom stereocenters. The Balaban J connectivity index is 2.34. The zero-order valence-electron chi connectivity index (χ0n) is 10.6. The van der Waals surface area contributed by atoms with E-state index < -0.39 is 0 Å². The first kappa shape index (κ1) is 12.0. The molecule has 1 atom stereocenters. The third-order valence-electron chi connectivity index (χ3n) is 3.11. The highest BCUT2D eigenvalue weighted by molar-refractivity contribution is 7.10.